The van der Waals surface area contributed by atoms with E-state index in [0.29, 0.717) is 12.1 Å². The summed E-state index contributed by atoms with van der Waals surface area (Å²) in [4.78, 5) is 73.2. The van der Waals surface area contributed by atoms with Gasteiger partial charge in [-0.05, 0) is 77.3 Å². The number of alkyl carbamates (subject to hydrolysis) is 2. The Kier molecular flexibility index (Phi) is 11.0. The predicted molar refractivity (Wildman–Crippen MR) is 232 cm³/mol. The van der Waals surface area contributed by atoms with Crippen LogP contribution in [0, 0.1) is 17.8 Å². The summed E-state index contributed by atoms with van der Waals surface area (Å²) >= 11 is 0. The van der Waals surface area contributed by atoms with Gasteiger partial charge in [-0.2, -0.15) is 0 Å². The minimum Gasteiger partial charge on any atom is -0.453 e. The van der Waals surface area contributed by atoms with E-state index >= 15 is 0 Å². The van der Waals surface area contributed by atoms with E-state index in [0.717, 1.165) is 81.1 Å². The number of carbonyl (C=O) groups excluding carboxylic acids is 4. The van der Waals surface area contributed by atoms with Gasteiger partial charge in [-0.3, -0.25) is 9.59 Å². The quantitative estimate of drug-likeness (QED) is 0.104. The van der Waals surface area contributed by atoms with Crippen LogP contribution in [0.1, 0.15) is 70.7 Å². The summed E-state index contributed by atoms with van der Waals surface area (Å²) < 4.78 is 9.66. The monoisotopic (exact) mass is 832 g/mol. The Morgan fingerprint density at radius 2 is 1.45 bits per heavy atom. The molecule has 15 heteroatoms. The van der Waals surface area contributed by atoms with Crippen molar-refractivity contribution in [2.75, 3.05) is 20.4 Å². The zero-order chi connectivity index (χ0) is 42.6. The highest BCUT2D eigenvalue weighted by Gasteiger charge is 2.52. The van der Waals surface area contributed by atoms with Crippen LogP contribution in [-0.2, 0) is 19.1 Å². The van der Waals surface area contributed by atoms with E-state index in [9.17, 15) is 19.2 Å². The first-order valence-electron chi connectivity index (χ1n) is 21.1. The summed E-state index contributed by atoms with van der Waals surface area (Å²) in [6, 6.07) is 18.2. The zero-order valence-electron chi connectivity index (χ0n) is 35.7. The predicted octanol–water partition coefficient (Wildman–Crippen LogP) is 7.72. The molecule has 14 nitrogen and oxygen atoms in total. The van der Waals surface area contributed by atoms with Crippen LogP contribution in [-0.4, -0.2) is 100 Å². The molecule has 5 aromatic rings. The fourth-order valence-electron chi connectivity index (χ4n) is 9.78. The maximum Gasteiger partial charge on any atom is 0.407 e. The first-order valence-corrected chi connectivity index (χ1v) is 24.5. The van der Waals surface area contributed by atoms with Crippen molar-refractivity contribution < 1.29 is 28.7 Å². The highest BCUT2D eigenvalue weighted by atomic mass is 28.3. The Labute approximate surface area is 351 Å². The number of likely N-dealkylation sites (tertiary alicyclic amines) is 1. The molecule has 3 aromatic carbocycles. The van der Waals surface area contributed by atoms with Crippen LogP contribution in [0.3, 0.4) is 0 Å². The Hall–Kier alpha value is -5.70. The first-order chi connectivity index (χ1) is 28.7. The number of piperidine rings is 1. The van der Waals surface area contributed by atoms with Crippen LogP contribution in [0.4, 0.5) is 9.59 Å². The summed E-state index contributed by atoms with van der Waals surface area (Å²) in [6.45, 7) is 12.3. The van der Waals surface area contributed by atoms with E-state index in [1.54, 1.807) is 0 Å². The SMILES string of the molecule is COC(=O)N[C@H](C(=O)N1C[Si](C)(C)C[C@H]1c1ncc(-c2ccc(-c3ccc4c(ccc5[nH]c([C@@H]6[C@@H]7CC[C@H](C7)N6C(=O)[C@@H](NC(=O)OC)C(C)C)nc54)c3)cc2)[nH]1)C(C)C. The molecule has 3 fully saturated rings. The lowest BCUT2D eigenvalue weighted by Crippen LogP contribution is -2.54. The highest BCUT2D eigenvalue weighted by Crippen LogP contribution is 2.50. The number of imidazole rings is 2. The van der Waals surface area contributed by atoms with Crippen LogP contribution in [0.5, 0.6) is 0 Å². The molecule has 1 aliphatic carbocycles. The van der Waals surface area contributed by atoms with E-state index in [4.69, 9.17) is 19.4 Å². The molecule has 2 aromatic heterocycles. The molecule has 1 saturated carbocycles. The van der Waals surface area contributed by atoms with Gasteiger partial charge in [0.2, 0.25) is 11.8 Å². The van der Waals surface area contributed by atoms with E-state index in [-0.39, 0.29) is 41.8 Å². The van der Waals surface area contributed by atoms with Gasteiger partial charge in [0, 0.05) is 17.6 Å². The Bertz CT molecular complexity index is 2440. The lowest BCUT2D eigenvalue weighted by atomic mass is 9.95. The number of carbonyl (C=O) groups is 4. The lowest BCUT2D eigenvalue weighted by molar-refractivity contribution is -0.139. The van der Waals surface area contributed by atoms with Crippen molar-refractivity contribution in [1.29, 1.82) is 0 Å². The van der Waals surface area contributed by atoms with E-state index in [1.165, 1.54) is 14.2 Å². The second kappa shape index (κ2) is 16.1. The number of H-pyrrole nitrogens is 2. The summed E-state index contributed by atoms with van der Waals surface area (Å²) in [5.74, 6) is 1.41. The minimum absolute atomic E-state index is 0.0920. The van der Waals surface area contributed by atoms with Crippen LogP contribution in [0.25, 0.3) is 44.2 Å². The molecule has 0 radical (unpaired) electrons. The molecule has 2 bridgehead atoms. The second-order valence-electron chi connectivity index (χ2n) is 18.3. The molecule has 6 atom stereocenters. The van der Waals surface area contributed by atoms with E-state index in [1.807, 2.05) is 43.7 Å². The smallest absolute Gasteiger partial charge is 0.407 e. The molecule has 4 amide bonds. The van der Waals surface area contributed by atoms with Gasteiger partial charge in [0.15, 0.2) is 0 Å². The average molecular weight is 833 g/mol. The van der Waals surface area contributed by atoms with Crippen molar-refractivity contribution in [1.82, 2.24) is 40.4 Å². The number of hydrogen-bond acceptors (Lipinski definition) is 8. The number of fused-ring (bicyclic) bond motifs is 5. The third-order valence-corrected chi connectivity index (χ3v) is 15.5. The summed E-state index contributed by atoms with van der Waals surface area (Å²) in [5, 5.41) is 7.61. The van der Waals surface area contributed by atoms with Gasteiger partial charge in [-0.15, -0.1) is 0 Å². The number of rotatable bonds is 10. The molecule has 2 aliphatic heterocycles. The molecule has 0 unspecified atom stereocenters. The van der Waals surface area contributed by atoms with E-state index in [2.05, 4.69) is 88.3 Å². The van der Waals surface area contributed by atoms with Crippen LogP contribution < -0.4 is 10.6 Å². The third kappa shape index (κ3) is 7.63. The molecule has 316 valence electrons. The number of methoxy groups -OCH3 is 2. The zero-order valence-corrected chi connectivity index (χ0v) is 36.7. The average Bonchev–Trinajstić information content (AvgIpc) is 4.09. The third-order valence-electron chi connectivity index (χ3n) is 12.8. The molecule has 0 spiro atoms. The van der Waals surface area contributed by atoms with Crippen molar-refractivity contribution in [2.24, 2.45) is 17.8 Å². The number of nitrogens with zero attached hydrogens (tertiary/aromatic N) is 4. The van der Waals surface area contributed by atoms with Crippen molar-refractivity contribution in [3.05, 3.63) is 72.4 Å². The van der Waals surface area contributed by atoms with Gasteiger partial charge in [-0.25, -0.2) is 19.6 Å². The molecular weight excluding hydrogens is 777 g/mol. The van der Waals surface area contributed by atoms with E-state index < -0.39 is 32.3 Å². The number of ether oxygens (including phenoxy) is 2. The van der Waals surface area contributed by atoms with Gasteiger partial charge in [0.05, 0.1) is 57.3 Å². The summed E-state index contributed by atoms with van der Waals surface area (Å²) in [7, 11) is 0.859. The largest absolute Gasteiger partial charge is 0.453 e. The molecule has 2 saturated heterocycles. The van der Waals surface area contributed by atoms with Crippen molar-refractivity contribution in [2.45, 2.75) is 96.3 Å². The van der Waals surface area contributed by atoms with Gasteiger partial charge in [0.25, 0.3) is 0 Å². The van der Waals surface area contributed by atoms with Gasteiger partial charge in [-0.1, -0.05) is 83.3 Å². The van der Waals surface area contributed by atoms with Crippen molar-refractivity contribution >= 4 is 53.9 Å². The number of hydrogen-bond donors (Lipinski definition) is 4. The van der Waals surface area contributed by atoms with Crippen LogP contribution in [0.15, 0.2) is 60.8 Å². The number of aromatic amines is 2. The normalized spacial score (nSPS) is 21.8. The number of amides is 4. The molecule has 4 heterocycles. The van der Waals surface area contributed by atoms with Crippen molar-refractivity contribution in [3.8, 4) is 22.4 Å². The Morgan fingerprint density at radius 1 is 0.800 bits per heavy atom. The Morgan fingerprint density at radius 3 is 2.12 bits per heavy atom. The first kappa shape index (κ1) is 41.0. The van der Waals surface area contributed by atoms with Crippen LogP contribution >= 0.6 is 0 Å². The number of nitrogens with one attached hydrogen (secondary N) is 4. The maximum atomic E-state index is 14.1. The molecule has 3 aliphatic rings. The number of benzene rings is 3. The molecule has 4 N–H and O–H groups in total. The second-order valence-corrected chi connectivity index (χ2v) is 23.3. The Balaban J connectivity index is 1.01. The fraction of sp³-hybridized carbons (Fsp3) is 0.467. The lowest BCUT2D eigenvalue weighted by Gasteiger charge is -2.37. The molecular formula is C45H56N8O6Si. The molecule has 60 heavy (non-hydrogen) atoms. The van der Waals surface area contributed by atoms with Gasteiger partial charge in [0.1, 0.15) is 23.7 Å². The van der Waals surface area contributed by atoms with Gasteiger partial charge >= 0.3 is 12.2 Å². The van der Waals surface area contributed by atoms with Gasteiger partial charge < -0.3 is 39.9 Å². The topological polar surface area (TPSA) is 175 Å². The summed E-state index contributed by atoms with van der Waals surface area (Å²) in [5.41, 5.74) is 5.79. The highest BCUT2D eigenvalue weighted by molar-refractivity contribution is 6.78. The standard InChI is InChI=1S/C45H56N8O6Si/c1-24(2)36(50-44(56)58-5)42(54)52-23-60(7,8)22-35(52)40-46-21-34(48-40)27-11-9-26(10-12-27)28-14-17-32-29(19-28)15-18-33-38(32)49-41(47-33)39-30-13-16-31(20-30)53(39)43(55)37(25(3)4)51-45(57)59-6/h9-12,14-15,17-19,21,24-25,30-31,35-37,39H,13,16,20,22-23H2,1-8H3,(H,46,48)(H,47,49)(H,50,56)(H,51,57)/t30-,31-,35+,36+,37+,39+/m1/s1. The molecule has 8 rings (SSSR count). The maximum absolute atomic E-state index is 14.1. The minimum atomic E-state index is -1.75. The van der Waals surface area contributed by atoms with Crippen LogP contribution in [0.2, 0.25) is 19.1 Å². The number of aromatic nitrogens is 4. The van der Waals surface area contributed by atoms with Crippen molar-refractivity contribution in [3.63, 3.8) is 0 Å². The summed E-state index contributed by atoms with van der Waals surface area (Å²) in [6.07, 6.45) is 4.20. The fourth-order valence-corrected chi connectivity index (χ4v) is 12.7.